The first-order valence-corrected chi connectivity index (χ1v) is 5.10. The predicted molar refractivity (Wildman–Crippen MR) is 58.7 cm³/mol. The Bertz CT molecular complexity index is 513. The molecule has 0 fully saturated rings. The van der Waals surface area contributed by atoms with E-state index in [1.807, 2.05) is 13.8 Å². The van der Waals surface area contributed by atoms with Crippen molar-refractivity contribution in [1.82, 2.24) is 0 Å². The van der Waals surface area contributed by atoms with Crippen LogP contribution >= 0.6 is 0 Å². The van der Waals surface area contributed by atoms with Gasteiger partial charge in [0.2, 0.25) is 0 Å². The fourth-order valence-electron chi connectivity index (χ4n) is 2.31. The Labute approximate surface area is 93.5 Å². The van der Waals surface area contributed by atoms with Crippen molar-refractivity contribution in [2.45, 2.75) is 20.8 Å². The third kappa shape index (κ3) is 1.32. The lowest BCUT2D eigenvalue weighted by atomic mass is 9.70. The van der Waals surface area contributed by atoms with Crippen LogP contribution in [0.4, 0.5) is 0 Å². The van der Waals surface area contributed by atoms with E-state index in [0.29, 0.717) is 11.1 Å². The molecule has 16 heavy (non-hydrogen) atoms. The molecule has 0 bridgehead atoms. The Kier molecular flexibility index (Phi) is 2.09. The van der Waals surface area contributed by atoms with Crippen molar-refractivity contribution < 1.29 is 14.4 Å². The zero-order valence-electron chi connectivity index (χ0n) is 9.46. The van der Waals surface area contributed by atoms with E-state index in [9.17, 15) is 14.4 Å². The molecule has 2 aliphatic rings. The van der Waals surface area contributed by atoms with Crippen LogP contribution in [0.15, 0.2) is 34.9 Å². The molecule has 2 rings (SSSR count). The van der Waals surface area contributed by atoms with Crippen molar-refractivity contribution in [2.75, 3.05) is 0 Å². The third-order valence-electron chi connectivity index (χ3n) is 2.94. The Morgan fingerprint density at radius 2 is 1.56 bits per heavy atom. The summed E-state index contributed by atoms with van der Waals surface area (Å²) in [6.45, 7) is 5.34. The topological polar surface area (TPSA) is 51.2 Å². The van der Waals surface area contributed by atoms with Crippen molar-refractivity contribution in [3.63, 3.8) is 0 Å². The number of ketones is 3. The average molecular weight is 216 g/mol. The van der Waals surface area contributed by atoms with E-state index in [1.54, 1.807) is 13.0 Å². The van der Waals surface area contributed by atoms with Crippen LogP contribution < -0.4 is 0 Å². The maximum absolute atomic E-state index is 11.9. The first kappa shape index (κ1) is 10.7. The van der Waals surface area contributed by atoms with Gasteiger partial charge in [0.15, 0.2) is 17.3 Å². The smallest absolute Gasteiger partial charge is 0.192 e. The Morgan fingerprint density at radius 1 is 1.00 bits per heavy atom. The van der Waals surface area contributed by atoms with E-state index in [-0.39, 0.29) is 22.9 Å². The average Bonchev–Trinajstić information content (AvgIpc) is 2.17. The van der Waals surface area contributed by atoms with Gasteiger partial charge in [-0.3, -0.25) is 14.4 Å². The number of rotatable bonds is 0. The lowest BCUT2D eigenvalue weighted by Crippen LogP contribution is -2.33. The molecule has 0 aromatic carbocycles. The number of Topliss-reactive ketones (excluding diaryl/α,β-unsaturated/α-hetero) is 1. The summed E-state index contributed by atoms with van der Waals surface area (Å²) < 4.78 is 0. The molecule has 0 aliphatic heterocycles. The van der Waals surface area contributed by atoms with Crippen LogP contribution in [0.3, 0.4) is 0 Å². The number of hydrogen-bond acceptors (Lipinski definition) is 3. The minimum Gasteiger partial charge on any atom is -0.290 e. The van der Waals surface area contributed by atoms with E-state index in [2.05, 4.69) is 0 Å². The summed E-state index contributed by atoms with van der Waals surface area (Å²) >= 11 is 0. The van der Waals surface area contributed by atoms with Crippen LogP contribution in [-0.2, 0) is 14.4 Å². The first-order valence-electron chi connectivity index (χ1n) is 5.10. The minimum atomic E-state index is -0.551. The van der Waals surface area contributed by atoms with Gasteiger partial charge >= 0.3 is 0 Å². The summed E-state index contributed by atoms with van der Waals surface area (Å²) in [7, 11) is 0. The van der Waals surface area contributed by atoms with Crippen LogP contribution in [-0.4, -0.2) is 17.3 Å². The second kappa shape index (κ2) is 3.11. The van der Waals surface area contributed by atoms with Gasteiger partial charge in [0.05, 0.1) is 5.57 Å². The van der Waals surface area contributed by atoms with Crippen LogP contribution in [0.5, 0.6) is 0 Å². The molecule has 0 heterocycles. The van der Waals surface area contributed by atoms with Gasteiger partial charge in [-0.05, 0) is 24.6 Å². The molecule has 0 spiro atoms. The molecule has 3 nitrogen and oxygen atoms in total. The number of hydrogen-bond donors (Lipinski definition) is 0. The minimum absolute atomic E-state index is 0.0532. The van der Waals surface area contributed by atoms with E-state index < -0.39 is 5.41 Å². The second-order valence-electron chi connectivity index (χ2n) is 4.69. The quantitative estimate of drug-likeness (QED) is 0.456. The highest BCUT2D eigenvalue weighted by Gasteiger charge is 2.39. The normalized spacial score (nSPS) is 23.4. The Balaban J connectivity index is 2.72. The van der Waals surface area contributed by atoms with E-state index >= 15 is 0 Å². The molecule has 0 aromatic heterocycles. The number of carbonyl (C=O) groups excluding carboxylic acids is 3. The summed E-state index contributed by atoms with van der Waals surface area (Å²) in [5, 5.41) is 0. The highest BCUT2D eigenvalue weighted by atomic mass is 16.2. The maximum Gasteiger partial charge on any atom is 0.192 e. The lowest BCUT2D eigenvalue weighted by molar-refractivity contribution is -0.120. The van der Waals surface area contributed by atoms with Gasteiger partial charge in [-0.1, -0.05) is 19.9 Å². The summed E-state index contributed by atoms with van der Waals surface area (Å²) in [5.74, 6) is -0.922. The molecule has 0 aromatic rings. The predicted octanol–water partition coefficient (Wildman–Crippen LogP) is 1.55. The highest BCUT2D eigenvalue weighted by Crippen LogP contribution is 2.39. The molecule has 0 radical (unpaired) electrons. The van der Waals surface area contributed by atoms with Crippen LogP contribution in [0.25, 0.3) is 0 Å². The molecular formula is C13H12O3. The van der Waals surface area contributed by atoms with Gasteiger partial charge < -0.3 is 0 Å². The van der Waals surface area contributed by atoms with Crippen molar-refractivity contribution in [3.05, 3.63) is 34.9 Å². The Hall–Kier alpha value is -1.77. The largest absolute Gasteiger partial charge is 0.290 e. The number of allylic oxidation sites excluding steroid dienone is 6. The summed E-state index contributed by atoms with van der Waals surface area (Å²) in [6, 6.07) is 0. The van der Waals surface area contributed by atoms with Gasteiger partial charge in [0, 0.05) is 11.0 Å². The van der Waals surface area contributed by atoms with Crippen molar-refractivity contribution in [1.29, 1.82) is 0 Å². The lowest BCUT2D eigenvalue weighted by Gasteiger charge is -2.31. The van der Waals surface area contributed by atoms with E-state index in [4.69, 9.17) is 0 Å². The summed E-state index contributed by atoms with van der Waals surface area (Å²) in [5.41, 5.74) is 0.360. The molecule has 3 heteroatoms. The Morgan fingerprint density at radius 3 is 2.19 bits per heavy atom. The van der Waals surface area contributed by atoms with Crippen molar-refractivity contribution >= 4 is 17.3 Å². The third-order valence-corrected chi connectivity index (χ3v) is 2.94. The molecule has 0 amide bonds. The van der Waals surface area contributed by atoms with E-state index in [1.165, 1.54) is 12.2 Å². The van der Waals surface area contributed by atoms with E-state index in [0.717, 1.165) is 0 Å². The zero-order chi connectivity index (χ0) is 12.1. The van der Waals surface area contributed by atoms with Gasteiger partial charge in [-0.25, -0.2) is 0 Å². The summed E-state index contributed by atoms with van der Waals surface area (Å²) in [4.78, 5) is 35.3. The van der Waals surface area contributed by atoms with Crippen LogP contribution in [0.2, 0.25) is 0 Å². The first-order chi connectivity index (χ1) is 7.34. The van der Waals surface area contributed by atoms with Gasteiger partial charge in [0.1, 0.15) is 0 Å². The fraction of sp³-hybridized carbons (Fsp3) is 0.308. The maximum atomic E-state index is 11.9. The molecule has 0 unspecified atom stereocenters. The monoisotopic (exact) mass is 216 g/mol. The molecule has 0 atom stereocenters. The van der Waals surface area contributed by atoms with Crippen molar-refractivity contribution in [2.24, 2.45) is 5.41 Å². The fourth-order valence-corrected chi connectivity index (χ4v) is 2.31. The summed E-state index contributed by atoms with van der Waals surface area (Å²) in [6.07, 6.45) is 4.16. The van der Waals surface area contributed by atoms with Crippen LogP contribution in [0.1, 0.15) is 20.8 Å². The van der Waals surface area contributed by atoms with Gasteiger partial charge in [-0.15, -0.1) is 0 Å². The second-order valence-corrected chi connectivity index (χ2v) is 4.69. The molecule has 0 saturated heterocycles. The number of carbonyl (C=O) groups is 3. The van der Waals surface area contributed by atoms with Crippen molar-refractivity contribution in [3.8, 4) is 0 Å². The highest BCUT2D eigenvalue weighted by molar-refractivity contribution is 6.36. The standard InChI is InChI=1S/C13H12O3/c1-7-6-13(2,3)11-9(15)5-4-8(14)10(11)12(7)16/h4-6H,1-3H3. The zero-order valence-corrected chi connectivity index (χ0v) is 9.46. The SMILES string of the molecule is CC1=CC(C)(C)C2=C(C(=O)C=CC2=O)C1=O. The molecule has 0 N–H and O–H groups in total. The van der Waals surface area contributed by atoms with Gasteiger partial charge in [0.25, 0.3) is 0 Å². The molecular weight excluding hydrogens is 204 g/mol. The van der Waals surface area contributed by atoms with Crippen LogP contribution in [0, 0.1) is 5.41 Å². The molecule has 0 saturated carbocycles. The van der Waals surface area contributed by atoms with Gasteiger partial charge in [-0.2, -0.15) is 0 Å². The molecule has 82 valence electrons. The molecule has 2 aliphatic carbocycles.